The van der Waals surface area contributed by atoms with Gasteiger partial charge in [0.15, 0.2) is 0 Å². The molecular weight excluding hydrogens is 248 g/mol. The molecule has 0 atom stereocenters. The summed E-state index contributed by atoms with van der Waals surface area (Å²) in [4.78, 5) is 34.8. The van der Waals surface area contributed by atoms with Crippen molar-refractivity contribution in [3.8, 4) is 0 Å². The molecule has 19 heavy (non-hydrogen) atoms. The normalized spacial score (nSPS) is 13.6. The number of nitrogens with zero attached hydrogens (tertiary/aromatic N) is 1. The highest BCUT2D eigenvalue weighted by molar-refractivity contribution is 6.20. The van der Waals surface area contributed by atoms with Crippen molar-refractivity contribution in [1.29, 1.82) is 0 Å². The summed E-state index contributed by atoms with van der Waals surface area (Å²) in [6.45, 7) is 0.348. The van der Waals surface area contributed by atoms with Gasteiger partial charge in [-0.3, -0.25) is 14.4 Å². The molecule has 100 valence electrons. The molecule has 6 heteroatoms. The number of hydrazine groups is 1. The van der Waals surface area contributed by atoms with Gasteiger partial charge in [0, 0.05) is 13.0 Å². The molecule has 2 amide bonds. The Morgan fingerprint density at radius 3 is 2.32 bits per heavy atom. The lowest BCUT2D eigenvalue weighted by Gasteiger charge is -2.14. The Hall–Kier alpha value is -2.21. The Labute approximate surface area is 110 Å². The van der Waals surface area contributed by atoms with E-state index in [0.717, 1.165) is 5.01 Å². The Kier molecular flexibility index (Phi) is 3.91. The van der Waals surface area contributed by atoms with Crippen molar-refractivity contribution in [2.75, 3.05) is 13.7 Å². The predicted molar refractivity (Wildman–Crippen MR) is 66.2 cm³/mol. The van der Waals surface area contributed by atoms with Crippen molar-refractivity contribution in [2.45, 2.75) is 12.8 Å². The number of methoxy groups -OCH3 is 1. The zero-order valence-electron chi connectivity index (χ0n) is 10.5. The van der Waals surface area contributed by atoms with Crippen molar-refractivity contribution >= 4 is 17.8 Å². The molecule has 1 N–H and O–H groups in total. The lowest BCUT2D eigenvalue weighted by molar-refractivity contribution is -0.140. The largest absolute Gasteiger partial charge is 0.469 e. The smallest absolute Gasteiger partial charge is 0.305 e. The minimum absolute atomic E-state index is 0.243. The molecule has 2 rings (SSSR count). The Balaban J connectivity index is 1.92. The fourth-order valence-electron chi connectivity index (χ4n) is 1.86. The molecule has 0 bridgehead atoms. The molecule has 1 aliphatic rings. The van der Waals surface area contributed by atoms with Gasteiger partial charge in [-0.15, -0.1) is 0 Å². The molecule has 1 aromatic carbocycles. The highest BCUT2D eigenvalue weighted by Gasteiger charge is 2.34. The summed E-state index contributed by atoms with van der Waals surface area (Å²) in [7, 11) is 1.32. The predicted octanol–water partition coefficient (Wildman–Crippen LogP) is 0.740. The van der Waals surface area contributed by atoms with Gasteiger partial charge in [0.1, 0.15) is 0 Å². The fourth-order valence-corrected chi connectivity index (χ4v) is 1.86. The van der Waals surface area contributed by atoms with Crippen LogP contribution in [-0.4, -0.2) is 36.4 Å². The quantitative estimate of drug-likeness (QED) is 0.481. The zero-order valence-corrected chi connectivity index (χ0v) is 10.5. The van der Waals surface area contributed by atoms with E-state index in [1.54, 1.807) is 24.3 Å². The second kappa shape index (κ2) is 5.62. The van der Waals surface area contributed by atoms with E-state index < -0.39 is 0 Å². The molecule has 0 saturated carbocycles. The summed E-state index contributed by atoms with van der Waals surface area (Å²) in [6.07, 6.45) is 0.729. The van der Waals surface area contributed by atoms with Gasteiger partial charge in [-0.2, -0.15) is 0 Å². The number of esters is 1. The van der Waals surface area contributed by atoms with Crippen LogP contribution in [0.25, 0.3) is 0 Å². The van der Waals surface area contributed by atoms with Crippen LogP contribution in [0.3, 0.4) is 0 Å². The molecule has 0 aromatic heterocycles. The highest BCUT2D eigenvalue weighted by atomic mass is 16.5. The SMILES string of the molecule is COC(=O)CCCNN1C(=O)c2ccccc2C1=O. The number of fused-ring (bicyclic) bond motifs is 1. The van der Waals surface area contributed by atoms with E-state index in [1.165, 1.54) is 7.11 Å². The van der Waals surface area contributed by atoms with Gasteiger partial charge in [-0.05, 0) is 18.6 Å². The first-order chi connectivity index (χ1) is 9.15. The first-order valence-corrected chi connectivity index (χ1v) is 5.93. The molecule has 0 saturated heterocycles. The van der Waals surface area contributed by atoms with Crippen LogP contribution in [0.4, 0.5) is 0 Å². The number of carbonyl (C=O) groups excluding carboxylic acids is 3. The number of amides is 2. The molecule has 0 aliphatic carbocycles. The van der Waals surface area contributed by atoms with Crippen molar-refractivity contribution in [2.24, 2.45) is 0 Å². The van der Waals surface area contributed by atoms with Gasteiger partial charge in [0.2, 0.25) is 0 Å². The number of hydrogen-bond donors (Lipinski definition) is 1. The average molecular weight is 262 g/mol. The van der Waals surface area contributed by atoms with E-state index in [9.17, 15) is 14.4 Å². The number of rotatable bonds is 5. The van der Waals surface area contributed by atoms with E-state index in [1.807, 2.05) is 0 Å². The molecule has 0 spiro atoms. The number of ether oxygens (including phenoxy) is 1. The summed E-state index contributed by atoms with van der Waals surface area (Å²) < 4.78 is 4.50. The van der Waals surface area contributed by atoms with Crippen LogP contribution >= 0.6 is 0 Å². The third kappa shape index (κ3) is 2.63. The number of benzene rings is 1. The highest BCUT2D eigenvalue weighted by Crippen LogP contribution is 2.20. The number of carbonyl (C=O) groups is 3. The van der Waals surface area contributed by atoms with Crippen LogP contribution in [0.5, 0.6) is 0 Å². The molecule has 1 aromatic rings. The topological polar surface area (TPSA) is 75.7 Å². The maximum absolute atomic E-state index is 11.9. The summed E-state index contributed by atoms with van der Waals surface area (Å²) in [5.41, 5.74) is 3.53. The van der Waals surface area contributed by atoms with E-state index in [4.69, 9.17) is 0 Å². The molecular formula is C13H14N2O4. The van der Waals surface area contributed by atoms with E-state index in [-0.39, 0.29) is 24.2 Å². The van der Waals surface area contributed by atoms with Crippen LogP contribution in [0.2, 0.25) is 0 Å². The molecule has 0 radical (unpaired) electrons. The second-order valence-electron chi connectivity index (χ2n) is 4.08. The third-order valence-electron chi connectivity index (χ3n) is 2.85. The van der Waals surface area contributed by atoms with E-state index in [2.05, 4.69) is 10.2 Å². The van der Waals surface area contributed by atoms with Gasteiger partial charge < -0.3 is 4.74 Å². The van der Waals surface area contributed by atoms with Gasteiger partial charge in [0.05, 0.1) is 18.2 Å². The Morgan fingerprint density at radius 1 is 1.21 bits per heavy atom. The van der Waals surface area contributed by atoms with Gasteiger partial charge >= 0.3 is 5.97 Å². The van der Waals surface area contributed by atoms with Crippen molar-refractivity contribution in [1.82, 2.24) is 10.4 Å². The summed E-state index contributed by atoms with van der Waals surface area (Å²) in [5, 5.41) is 0.988. The van der Waals surface area contributed by atoms with Crippen LogP contribution < -0.4 is 5.43 Å². The van der Waals surface area contributed by atoms with Crippen LogP contribution in [0.15, 0.2) is 24.3 Å². The zero-order chi connectivity index (χ0) is 13.8. The van der Waals surface area contributed by atoms with Gasteiger partial charge in [0.25, 0.3) is 11.8 Å². The number of hydrogen-bond acceptors (Lipinski definition) is 5. The minimum Gasteiger partial charge on any atom is -0.469 e. The summed E-state index contributed by atoms with van der Waals surface area (Å²) in [5.74, 6) is -1.04. The fraction of sp³-hybridized carbons (Fsp3) is 0.308. The van der Waals surface area contributed by atoms with E-state index in [0.29, 0.717) is 24.1 Å². The first kappa shape index (κ1) is 13.2. The molecule has 0 unspecified atom stereocenters. The second-order valence-corrected chi connectivity index (χ2v) is 4.08. The Bertz CT molecular complexity index is 492. The van der Waals surface area contributed by atoms with Crippen LogP contribution in [-0.2, 0) is 9.53 Å². The van der Waals surface area contributed by atoms with Gasteiger partial charge in [-0.25, -0.2) is 10.4 Å². The lowest BCUT2D eigenvalue weighted by Crippen LogP contribution is -2.42. The third-order valence-corrected chi connectivity index (χ3v) is 2.85. The average Bonchev–Trinajstić information content (AvgIpc) is 2.68. The summed E-state index contributed by atoms with van der Waals surface area (Å²) in [6, 6.07) is 6.66. The van der Waals surface area contributed by atoms with Crippen molar-refractivity contribution in [3.63, 3.8) is 0 Å². The number of nitrogens with one attached hydrogen (secondary N) is 1. The maximum Gasteiger partial charge on any atom is 0.305 e. The first-order valence-electron chi connectivity index (χ1n) is 5.93. The van der Waals surface area contributed by atoms with Crippen LogP contribution in [0, 0.1) is 0 Å². The monoisotopic (exact) mass is 262 g/mol. The minimum atomic E-state index is -0.362. The maximum atomic E-state index is 11.9. The lowest BCUT2D eigenvalue weighted by atomic mass is 10.1. The molecule has 0 fully saturated rings. The molecule has 6 nitrogen and oxygen atoms in total. The number of imide groups is 1. The summed E-state index contributed by atoms with van der Waals surface area (Å²) >= 11 is 0. The van der Waals surface area contributed by atoms with Gasteiger partial charge in [-0.1, -0.05) is 12.1 Å². The standard InChI is InChI=1S/C13H14N2O4/c1-19-11(16)7-4-8-14-15-12(17)9-5-2-3-6-10(9)13(15)18/h2-3,5-6,14H,4,7-8H2,1H3. The van der Waals surface area contributed by atoms with Crippen molar-refractivity contribution in [3.05, 3.63) is 35.4 Å². The van der Waals surface area contributed by atoms with Crippen LogP contribution in [0.1, 0.15) is 33.6 Å². The molecule has 1 heterocycles. The molecule has 1 aliphatic heterocycles. The van der Waals surface area contributed by atoms with E-state index >= 15 is 0 Å². The Morgan fingerprint density at radius 2 is 1.79 bits per heavy atom. The van der Waals surface area contributed by atoms with Crippen molar-refractivity contribution < 1.29 is 19.1 Å².